The van der Waals surface area contributed by atoms with Gasteiger partial charge in [-0.05, 0) is 50.1 Å². The molecule has 0 saturated heterocycles. The van der Waals surface area contributed by atoms with Crippen LogP contribution in [0.2, 0.25) is 0 Å². The van der Waals surface area contributed by atoms with E-state index in [9.17, 15) is 9.59 Å². The summed E-state index contributed by atoms with van der Waals surface area (Å²) in [5.41, 5.74) is 0.997. The number of thiophene rings is 1. The summed E-state index contributed by atoms with van der Waals surface area (Å²) in [5, 5.41) is 5.38. The lowest BCUT2D eigenvalue weighted by atomic mass is 9.90. The number of aromatic nitrogens is 1. The smallest absolute Gasteiger partial charge is 0.271 e. The van der Waals surface area contributed by atoms with Crippen molar-refractivity contribution in [1.29, 1.82) is 0 Å². The van der Waals surface area contributed by atoms with E-state index in [0.29, 0.717) is 6.54 Å². The highest BCUT2D eigenvalue weighted by atomic mass is 32.1. The van der Waals surface area contributed by atoms with Gasteiger partial charge in [-0.1, -0.05) is 38.5 Å². The fraction of sp³-hybridized carbons (Fsp3) is 0.652. The van der Waals surface area contributed by atoms with E-state index in [1.807, 2.05) is 17.9 Å². The zero-order valence-corrected chi connectivity index (χ0v) is 18.1. The van der Waals surface area contributed by atoms with Gasteiger partial charge in [-0.25, -0.2) is 0 Å². The third kappa shape index (κ3) is 3.20. The lowest BCUT2D eigenvalue weighted by Gasteiger charge is -2.48. The number of hydrogen-bond donors (Lipinski definition) is 1. The van der Waals surface area contributed by atoms with Crippen LogP contribution in [-0.4, -0.2) is 38.9 Å². The van der Waals surface area contributed by atoms with Gasteiger partial charge >= 0.3 is 0 Å². The van der Waals surface area contributed by atoms with Gasteiger partial charge in [0, 0.05) is 12.1 Å². The fourth-order valence-corrected chi connectivity index (χ4v) is 6.56. The molecule has 156 valence electrons. The van der Waals surface area contributed by atoms with Crippen molar-refractivity contribution in [3.63, 3.8) is 0 Å². The molecule has 2 aliphatic carbocycles. The number of carbonyl (C=O) groups excluding carboxylic acids is 2. The Balaban J connectivity index is 1.55. The minimum Gasteiger partial charge on any atom is -0.351 e. The maximum absolute atomic E-state index is 13.8. The van der Waals surface area contributed by atoms with Crippen LogP contribution in [0, 0.1) is 0 Å². The van der Waals surface area contributed by atoms with E-state index in [0.717, 1.165) is 54.4 Å². The third-order valence-electron chi connectivity index (χ3n) is 7.33. The predicted octanol–water partition coefficient (Wildman–Crippen LogP) is 4.70. The molecule has 2 aromatic heterocycles. The summed E-state index contributed by atoms with van der Waals surface area (Å²) < 4.78 is 3.23. The van der Waals surface area contributed by atoms with Crippen molar-refractivity contribution in [3.05, 3.63) is 23.2 Å². The largest absolute Gasteiger partial charge is 0.351 e. The van der Waals surface area contributed by atoms with Crippen LogP contribution in [0.5, 0.6) is 0 Å². The lowest BCUT2D eigenvalue weighted by Crippen LogP contribution is -2.67. The standard InChI is InChI=1S/C23H31N3O2S/c1-23(22(28)24-16-8-6-7-9-16)15-25-18-12-13-29-20(18)14-19(25)21(27)26(23)17-10-4-2-3-5-11-17/h12-14,16-17H,2-11,15H2,1H3,(H,24,28)/t23-/m1/s1. The Morgan fingerprint density at radius 3 is 2.52 bits per heavy atom. The van der Waals surface area contributed by atoms with Crippen molar-refractivity contribution < 1.29 is 9.59 Å². The molecule has 1 atom stereocenters. The lowest BCUT2D eigenvalue weighted by molar-refractivity contribution is -0.135. The summed E-state index contributed by atoms with van der Waals surface area (Å²) in [7, 11) is 0. The van der Waals surface area contributed by atoms with Crippen molar-refractivity contribution in [2.24, 2.45) is 0 Å². The van der Waals surface area contributed by atoms with E-state index in [1.54, 1.807) is 11.3 Å². The molecule has 3 aliphatic rings. The summed E-state index contributed by atoms with van der Waals surface area (Å²) in [6, 6.07) is 4.53. The van der Waals surface area contributed by atoms with E-state index >= 15 is 0 Å². The number of nitrogens with one attached hydrogen (secondary N) is 1. The Morgan fingerprint density at radius 1 is 1.10 bits per heavy atom. The van der Waals surface area contributed by atoms with Crippen LogP contribution >= 0.6 is 11.3 Å². The third-order valence-corrected chi connectivity index (χ3v) is 8.18. The maximum atomic E-state index is 13.8. The number of nitrogens with zero attached hydrogens (tertiary/aromatic N) is 2. The van der Waals surface area contributed by atoms with E-state index in [2.05, 4.69) is 21.3 Å². The number of rotatable bonds is 3. The molecular weight excluding hydrogens is 382 g/mol. The van der Waals surface area contributed by atoms with Crippen LogP contribution in [-0.2, 0) is 11.3 Å². The van der Waals surface area contributed by atoms with Gasteiger partial charge in [-0.15, -0.1) is 11.3 Å². The van der Waals surface area contributed by atoms with Gasteiger partial charge in [0.2, 0.25) is 5.91 Å². The first kappa shape index (κ1) is 19.2. The topological polar surface area (TPSA) is 54.3 Å². The van der Waals surface area contributed by atoms with Crippen LogP contribution in [0.1, 0.15) is 81.6 Å². The molecule has 0 bridgehead atoms. The molecule has 0 spiro atoms. The van der Waals surface area contributed by atoms with Crippen molar-refractivity contribution in [3.8, 4) is 0 Å². The Kier molecular flexibility index (Phi) is 4.93. The average Bonchev–Trinajstić information content (AvgIpc) is 3.38. The van der Waals surface area contributed by atoms with E-state index in [1.165, 1.54) is 25.7 Å². The molecule has 0 radical (unpaired) electrons. The summed E-state index contributed by atoms with van der Waals surface area (Å²) in [6.45, 7) is 2.55. The van der Waals surface area contributed by atoms with Crippen LogP contribution in [0.3, 0.4) is 0 Å². The summed E-state index contributed by atoms with van der Waals surface area (Å²) in [5.74, 6) is 0.0698. The fourth-order valence-electron chi connectivity index (χ4n) is 5.73. The molecule has 1 aliphatic heterocycles. The molecule has 6 heteroatoms. The molecule has 5 rings (SSSR count). The highest BCUT2D eigenvalue weighted by Gasteiger charge is 2.50. The molecule has 2 amide bonds. The van der Waals surface area contributed by atoms with Crippen molar-refractivity contribution >= 4 is 33.4 Å². The van der Waals surface area contributed by atoms with Gasteiger partial charge in [0.15, 0.2) is 0 Å². The zero-order chi connectivity index (χ0) is 20.0. The SMILES string of the molecule is C[C@]1(C(=O)NC2CCCC2)Cn2c(cc3sccc32)C(=O)N1C1CCCCCC1. The first-order valence-corrected chi connectivity index (χ1v) is 12.2. The molecule has 2 aromatic rings. The predicted molar refractivity (Wildman–Crippen MR) is 116 cm³/mol. The summed E-state index contributed by atoms with van der Waals surface area (Å²) in [6.07, 6.45) is 11.3. The monoisotopic (exact) mass is 413 g/mol. The van der Waals surface area contributed by atoms with Crippen LogP contribution in [0.4, 0.5) is 0 Å². The Morgan fingerprint density at radius 2 is 1.79 bits per heavy atom. The van der Waals surface area contributed by atoms with Crippen molar-refractivity contribution in [2.75, 3.05) is 0 Å². The Bertz CT molecular complexity index is 918. The second-order valence-corrected chi connectivity index (χ2v) is 10.3. The number of fused-ring (bicyclic) bond motifs is 3. The van der Waals surface area contributed by atoms with Gasteiger partial charge in [-0.2, -0.15) is 0 Å². The van der Waals surface area contributed by atoms with Crippen LogP contribution in [0.15, 0.2) is 17.5 Å². The molecule has 0 aromatic carbocycles. The molecule has 1 N–H and O–H groups in total. The van der Waals surface area contributed by atoms with E-state index in [-0.39, 0.29) is 23.9 Å². The van der Waals surface area contributed by atoms with Gasteiger partial charge in [-0.3, -0.25) is 9.59 Å². The van der Waals surface area contributed by atoms with Gasteiger partial charge in [0.1, 0.15) is 11.2 Å². The number of carbonyl (C=O) groups is 2. The highest BCUT2D eigenvalue weighted by molar-refractivity contribution is 7.17. The maximum Gasteiger partial charge on any atom is 0.271 e. The molecular formula is C23H31N3O2S. The summed E-state index contributed by atoms with van der Waals surface area (Å²) in [4.78, 5) is 29.4. The van der Waals surface area contributed by atoms with E-state index in [4.69, 9.17) is 0 Å². The average molecular weight is 414 g/mol. The second kappa shape index (κ2) is 7.46. The quantitative estimate of drug-likeness (QED) is 0.742. The molecule has 5 nitrogen and oxygen atoms in total. The first-order chi connectivity index (χ1) is 14.1. The van der Waals surface area contributed by atoms with E-state index < -0.39 is 5.54 Å². The van der Waals surface area contributed by atoms with Crippen molar-refractivity contribution in [2.45, 2.75) is 95.3 Å². The second-order valence-electron chi connectivity index (χ2n) is 9.34. The normalized spacial score (nSPS) is 26.7. The molecule has 2 fully saturated rings. The highest BCUT2D eigenvalue weighted by Crippen LogP contribution is 2.38. The molecule has 2 saturated carbocycles. The molecule has 0 unspecified atom stereocenters. The molecule has 29 heavy (non-hydrogen) atoms. The van der Waals surface area contributed by atoms with Crippen LogP contribution in [0.25, 0.3) is 10.2 Å². The van der Waals surface area contributed by atoms with Crippen LogP contribution < -0.4 is 5.32 Å². The Hall–Kier alpha value is -1.82. The minimum absolute atomic E-state index is 0.0322. The Labute approximate surface area is 176 Å². The minimum atomic E-state index is -0.838. The zero-order valence-electron chi connectivity index (χ0n) is 17.3. The van der Waals surface area contributed by atoms with Gasteiger partial charge in [0.05, 0.1) is 16.8 Å². The summed E-state index contributed by atoms with van der Waals surface area (Å²) >= 11 is 1.67. The number of amides is 2. The van der Waals surface area contributed by atoms with Gasteiger partial charge in [0.25, 0.3) is 5.91 Å². The number of hydrogen-bond acceptors (Lipinski definition) is 3. The molecule has 3 heterocycles. The van der Waals surface area contributed by atoms with Crippen molar-refractivity contribution in [1.82, 2.24) is 14.8 Å². The first-order valence-electron chi connectivity index (χ1n) is 11.3. The van der Waals surface area contributed by atoms with Gasteiger partial charge < -0.3 is 14.8 Å².